The molecule has 2 aromatic rings. The number of hydrogen-bond donors (Lipinski definition) is 1. The van der Waals surface area contributed by atoms with Gasteiger partial charge in [0, 0.05) is 6.20 Å². The lowest BCUT2D eigenvalue weighted by Crippen LogP contribution is -1.86. The van der Waals surface area contributed by atoms with Crippen LogP contribution in [-0.4, -0.2) is 14.3 Å². The highest BCUT2D eigenvalue weighted by molar-refractivity contribution is 7.09. The summed E-state index contributed by atoms with van der Waals surface area (Å²) in [4.78, 5) is 8.12. The summed E-state index contributed by atoms with van der Waals surface area (Å²) in [5.74, 6) is 0.306. The lowest BCUT2D eigenvalue weighted by Gasteiger charge is -1.89. The number of pyridine rings is 1. The van der Waals surface area contributed by atoms with Crippen LogP contribution in [0.4, 0.5) is 5.95 Å². The molecular formula is C7H6N4S. The lowest BCUT2D eigenvalue weighted by molar-refractivity contribution is 1.28. The van der Waals surface area contributed by atoms with Crippen molar-refractivity contribution in [1.29, 1.82) is 0 Å². The van der Waals surface area contributed by atoms with Crippen LogP contribution >= 0.6 is 11.5 Å². The molecule has 2 rings (SSSR count). The Balaban J connectivity index is 2.45. The monoisotopic (exact) mass is 178 g/mol. The Morgan fingerprint density at radius 2 is 2.25 bits per heavy atom. The first-order valence-electron chi connectivity index (χ1n) is 3.37. The van der Waals surface area contributed by atoms with Gasteiger partial charge in [-0.3, -0.25) is 4.98 Å². The fourth-order valence-corrected chi connectivity index (χ4v) is 1.40. The zero-order valence-corrected chi connectivity index (χ0v) is 6.95. The van der Waals surface area contributed by atoms with Crippen molar-refractivity contribution in [1.82, 2.24) is 14.3 Å². The highest BCUT2D eigenvalue weighted by Gasteiger charge is 2.03. The molecule has 60 valence electrons. The zero-order chi connectivity index (χ0) is 8.39. The van der Waals surface area contributed by atoms with Gasteiger partial charge >= 0.3 is 0 Å². The first kappa shape index (κ1) is 7.17. The van der Waals surface area contributed by atoms with E-state index in [0.717, 1.165) is 10.7 Å². The molecule has 0 saturated heterocycles. The van der Waals surface area contributed by atoms with Gasteiger partial charge in [-0.15, -0.1) is 0 Å². The summed E-state index contributed by atoms with van der Waals surface area (Å²) in [5, 5.41) is 0.758. The van der Waals surface area contributed by atoms with Gasteiger partial charge in [-0.2, -0.15) is 9.36 Å². The van der Waals surface area contributed by atoms with Gasteiger partial charge < -0.3 is 5.73 Å². The summed E-state index contributed by atoms with van der Waals surface area (Å²) >= 11 is 1.25. The van der Waals surface area contributed by atoms with Crippen molar-refractivity contribution in [2.75, 3.05) is 5.73 Å². The van der Waals surface area contributed by atoms with Gasteiger partial charge in [0.1, 0.15) is 5.69 Å². The Morgan fingerprint density at radius 1 is 1.33 bits per heavy atom. The van der Waals surface area contributed by atoms with Crippen molar-refractivity contribution < 1.29 is 0 Å². The van der Waals surface area contributed by atoms with Gasteiger partial charge in [0.05, 0.1) is 0 Å². The molecule has 0 fully saturated rings. The fraction of sp³-hybridized carbons (Fsp3) is 0. The molecule has 0 amide bonds. The maximum Gasteiger partial charge on any atom is 0.232 e. The molecule has 0 aliphatic carbocycles. The van der Waals surface area contributed by atoms with Crippen molar-refractivity contribution in [3.05, 3.63) is 24.4 Å². The molecule has 2 aromatic heterocycles. The van der Waals surface area contributed by atoms with Crippen LogP contribution < -0.4 is 5.73 Å². The minimum absolute atomic E-state index is 0.306. The van der Waals surface area contributed by atoms with Gasteiger partial charge in [-0.25, -0.2) is 0 Å². The third-order valence-electron chi connectivity index (χ3n) is 1.33. The fourth-order valence-electron chi connectivity index (χ4n) is 0.828. The minimum Gasteiger partial charge on any atom is -0.367 e. The smallest absolute Gasteiger partial charge is 0.232 e. The molecule has 0 aliphatic heterocycles. The summed E-state index contributed by atoms with van der Waals surface area (Å²) in [7, 11) is 0. The minimum atomic E-state index is 0.306. The van der Waals surface area contributed by atoms with Crippen molar-refractivity contribution >= 4 is 17.5 Å². The number of nitrogen functional groups attached to an aromatic ring is 1. The van der Waals surface area contributed by atoms with E-state index in [1.807, 2.05) is 18.2 Å². The average molecular weight is 178 g/mol. The van der Waals surface area contributed by atoms with Crippen LogP contribution in [0.5, 0.6) is 0 Å². The zero-order valence-electron chi connectivity index (χ0n) is 6.14. The van der Waals surface area contributed by atoms with Gasteiger partial charge in [0.2, 0.25) is 5.95 Å². The van der Waals surface area contributed by atoms with E-state index in [2.05, 4.69) is 14.3 Å². The lowest BCUT2D eigenvalue weighted by atomic mass is 10.4. The highest BCUT2D eigenvalue weighted by Crippen LogP contribution is 2.18. The number of hydrogen-bond acceptors (Lipinski definition) is 5. The van der Waals surface area contributed by atoms with E-state index < -0.39 is 0 Å². The van der Waals surface area contributed by atoms with Crippen LogP contribution in [0.1, 0.15) is 0 Å². The quantitative estimate of drug-likeness (QED) is 0.712. The van der Waals surface area contributed by atoms with E-state index >= 15 is 0 Å². The van der Waals surface area contributed by atoms with E-state index in [-0.39, 0.29) is 0 Å². The number of nitrogens with zero attached hydrogens (tertiary/aromatic N) is 3. The van der Waals surface area contributed by atoms with Crippen LogP contribution in [0.2, 0.25) is 0 Å². The number of rotatable bonds is 1. The third kappa shape index (κ3) is 1.26. The number of nitrogens with two attached hydrogens (primary N) is 1. The molecule has 12 heavy (non-hydrogen) atoms. The van der Waals surface area contributed by atoms with Crippen molar-refractivity contribution in [2.24, 2.45) is 0 Å². The standard InChI is InChI=1S/C7H6N4S/c8-7-10-6(12-11-7)5-3-1-2-4-9-5/h1-4H,(H2,8,11). The largest absolute Gasteiger partial charge is 0.367 e. The molecule has 0 aromatic carbocycles. The van der Waals surface area contributed by atoms with Crippen LogP contribution in [0.25, 0.3) is 10.7 Å². The summed E-state index contributed by atoms with van der Waals surface area (Å²) < 4.78 is 3.86. The van der Waals surface area contributed by atoms with Gasteiger partial charge in [0.25, 0.3) is 0 Å². The molecule has 0 radical (unpaired) electrons. The van der Waals surface area contributed by atoms with Crippen molar-refractivity contribution in [3.8, 4) is 10.7 Å². The second kappa shape index (κ2) is 2.86. The van der Waals surface area contributed by atoms with Crippen molar-refractivity contribution in [2.45, 2.75) is 0 Å². The maximum absolute atomic E-state index is 5.38. The van der Waals surface area contributed by atoms with Gasteiger partial charge in [0.15, 0.2) is 5.01 Å². The van der Waals surface area contributed by atoms with E-state index in [1.165, 1.54) is 11.5 Å². The van der Waals surface area contributed by atoms with Crippen LogP contribution in [0.15, 0.2) is 24.4 Å². The maximum atomic E-state index is 5.38. The summed E-state index contributed by atoms with van der Waals surface area (Å²) in [6.45, 7) is 0. The molecule has 2 heterocycles. The molecule has 0 unspecified atom stereocenters. The Morgan fingerprint density at radius 3 is 2.83 bits per heavy atom. The average Bonchev–Trinajstić information content (AvgIpc) is 2.54. The Hall–Kier alpha value is -1.49. The molecule has 2 N–H and O–H groups in total. The van der Waals surface area contributed by atoms with Gasteiger partial charge in [-0.05, 0) is 23.7 Å². The first-order valence-corrected chi connectivity index (χ1v) is 4.14. The third-order valence-corrected chi connectivity index (χ3v) is 2.08. The molecule has 4 nitrogen and oxygen atoms in total. The van der Waals surface area contributed by atoms with Crippen molar-refractivity contribution in [3.63, 3.8) is 0 Å². The summed E-state index contributed by atoms with van der Waals surface area (Å²) in [5.41, 5.74) is 6.19. The molecule has 0 bridgehead atoms. The van der Waals surface area contributed by atoms with Gasteiger partial charge in [-0.1, -0.05) is 6.07 Å². The molecule has 0 spiro atoms. The Bertz CT molecular complexity index is 370. The van der Waals surface area contributed by atoms with E-state index in [0.29, 0.717) is 5.95 Å². The van der Waals surface area contributed by atoms with E-state index in [4.69, 9.17) is 5.73 Å². The molecule has 0 atom stereocenters. The molecule has 0 saturated carbocycles. The topological polar surface area (TPSA) is 64.7 Å². The van der Waals surface area contributed by atoms with E-state index in [1.54, 1.807) is 6.20 Å². The van der Waals surface area contributed by atoms with Crippen LogP contribution in [-0.2, 0) is 0 Å². The molecule has 0 aliphatic rings. The second-order valence-electron chi connectivity index (χ2n) is 2.17. The van der Waals surface area contributed by atoms with Crippen LogP contribution in [0.3, 0.4) is 0 Å². The number of anilines is 1. The SMILES string of the molecule is Nc1nsc(-c2ccccn2)n1. The second-order valence-corrected chi connectivity index (χ2v) is 2.92. The molecular weight excluding hydrogens is 172 g/mol. The molecule has 5 heteroatoms. The summed E-state index contributed by atoms with van der Waals surface area (Å²) in [6, 6.07) is 5.63. The normalized spacial score (nSPS) is 10.0. The summed E-state index contributed by atoms with van der Waals surface area (Å²) in [6.07, 6.45) is 1.72. The predicted molar refractivity (Wildman–Crippen MR) is 47.6 cm³/mol. The van der Waals surface area contributed by atoms with E-state index in [9.17, 15) is 0 Å². The Labute approximate surface area is 73.3 Å². The highest BCUT2D eigenvalue weighted by atomic mass is 32.1. The predicted octanol–water partition coefficient (Wildman–Crippen LogP) is 1.18. The van der Waals surface area contributed by atoms with Crippen LogP contribution in [0, 0.1) is 0 Å². The number of aromatic nitrogens is 3. The Kier molecular flexibility index (Phi) is 1.71. The first-order chi connectivity index (χ1) is 5.86.